The molecule has 0 amide bonds. The van der Waals surface area contributed by atoms with Crippen molar-refractivity contribution in [1.82, 2.24) is 0 Å². The summed E-state index contributed by atoms with van der Waals surface area (Å²) < 4.78 is 31.2. The molecule has 0 spiro atoms. The van der Waals surface area contributed by atoms with Gasteiger partial charge < -0.3 is 10.1 Å². The van der Waals surface area contributed by atoms with Gasteiger partial charge in [0.1, 0.15) is 0 Å². The summed E-state index contributed by atoms with van der Waals surface area (Å²) in [6.07, 6.45) is -0.280. The molecule has 1 rings (SSSR count). The molecule has 0 fully saturated rings. The summed E-state index contributed by atoms with van der Waals surface area (Å²) in [4.78, 5) is 9.87. The maximum atomic E-state index is 13.4. The van der Waals surface area contributed by atoms with E-state index in [4.69, 9.17) is 4.74 Å². The second-order valence-corrected chi connectivity index (χ2v) is 3.44. The lowest BCUT2D eigenvalue weighted by Gasteiger charge is -2.12. The molecule has 1 aromatic carbocycles. The van der Waals surface area contributed by atoms with Gasteiger partial charge in [0.25, 0.3) is 5.69 Å². The Morgan fingerprint density at radius 1 is 1.53 bits per heavy atom. The molecule has 0 bridgehead atoms. The number of hydrogen-bond donors (Lipinski definition) is 1. The molecule has 0 aliphatic heterocycles. The van der Waals surface area contributed by atoms with Gasteiger partial charge in [-0.05, 0) is 13.0 Å². The van der Waals surface area contributed by atoms with Crippen molar-refractivity contribution in [3.05, 3.63) is 33.9 Å². The number of benzene rings is 1. The van der Waals surface area contributed by atoms with Crippen molar-refractivity contribution >= 4 is 11.4 Å². The van der Waals surface area contributed by atoms with Gasteiger partial charge in [-0.15, -0.1) is 0 Å². The molecule has 0 radical (unpaired) electrons. The molecule has 0 aliphatic carbocycles. The largest absolute Gasteiger partial charge is 0.380 e. The Labute approximate surface area is 96.5 Å². The van der Waals surface area contributed by atoms with Crippen LogP contribution < -0.4 is 5.32 Å². The van der Waals surface area contributed by atoms with E-state index in [9.17, 15) is 18.9 Å². The van der Waals surface area contributed by atoms with E-state index in [-0.39, 0.29) is 12.6 Å². The topological polar surface area (TPSA) is 64.4 Å². The summed E-state index contributed by atoms with van der Waals surface area (Å²) in [5.74, 6) is -2.40. The van der Waals surface area contributed by atoms with Crippen LogP contribution >= 0.6 is 0 Å². The summed E-state index contributed by atoms with van der Waals surface area (Å²) in [5, 5.41) is 13.1. The maximum absolute atomic E-state index is 13.4. The van der Waals surface area contributed by atoms with Gasteiger partial charge in [0.05, 0.1) is 11.0 Å². The predicted molar refractivity (Wildman–Crippen MR) is 58.0 cm³/mol. The highest BCUT2D eigenvalue weighted by molar-refractivity contribution is 5.62. The molecular weight excluding hydrogens is 234 g/mol. The van der Waals surface area contributed by atoms with Gasteiger partial charge >= 0.3 is 0 Å². The van der Waals surface area contributed by atoms with Gasteiger partial charge in [-0.1, -0.05) is 0 Å². The van der Waals surface area contributed by atoms with Gasteiger partial charge in [0.2, 0.25) is 0 Å². The number of ether oxygens (including phenoxy) is 1. The lowest BCUT2D eigenvalue weighted by Crippen LogP contribution is -2.19. The van der Waals surface area contributed by atoms with Crippen molar-refractivity contribution in [2.75, 3.05) is 19.0 Å². The normalized spacial score (nSPS) is 12.2. The first kappa shape index (κ1) is 13.3. The zero-order valence-electron chi connectivity index (χ0n) is 9.37. The number of nitrogens with one attached hydrogen (secondary N) is 1. The Balaban J connectivity index is 3.02. The summed E-state index contributed by atoms with van der Waals surface area (Å²) in [6.45, 7) is 1.83. The third-order valence-electron chi connectivity index (χ3n) is 2.24. The predicted octanol–water partition coefficient (Wildman–Crippen LogP) is 2.32. The standard InChI is InChI=1S/C10H12F2N2O3/c1-6(17-2)5-13-10-8(14(15)16)4-3-7(11)9(10)12/h3-4,6,13H,5H2,1-2H3. The Morgan fingerprint density at radius 2 is 2.18 bits per heavy atom. The highest BCUT2D eigenvalue weighted by Crippen LogP contribution is 2.28. The number of methoxy groups -OCH3 is 1. The summed E-state index contributed by atoms with van der Waals surface area (Å²) in [7, 11) is 1.45. The minimum Gasteiger partial charge on any atom is -0.380 e. The third-order valence-corrected chi connectivity index (χ3v) is 2.24. The van der Waals surface area contributed by atoms with Gasteiger partial charge in [-0.2, -0.15) is 0 Å². The van der Waals surface area contributed by atoms with E-state index >= 15 is 0 Å². The number of nitro groups is 1. The molecule has 7 heteroatoms. The Kier molecular flexibility index (Phi) is 4.33. The van der Waals surface area contributed by atoms with E-state index in [1.54, 1.807) is 6.92 Å². The summed E-state index contributed by atoms with van der Waals surface area (Å²) in [6, 6.07) is 1.64. The van der Waals surface area contributed by atoms with Crippen LogP contribution in [-0.4, -0.2) is 24.7 Å². The molecule has 1 atom stereocenters. The molecule has 17 heavy (non-hydrogen) atoms. The molecule has 0 aromatic heterocycles. The molecule has 1 aromatic rings. The molecular formula is C10H12F2N2O3. The van der Waals surface area contributed by atoms with Crippen molar-refractivity contribution in [1.29, 1.82) is 0 Å². The Hall–Kier alpha value is -1.76. The first-order valence-electron chi connectivity index (χ1n) is 4.86. The highest BCUT2D eigenvalue weighted by atomic mass is 19.2. The molecule has 0 aliphatic rings. The number of nitrogens with zero attached hydrogens (tertiary/aromatic N) is 1. The third kappa shape index (κ3) is 3.10. The van der Waals surface area contributed by atoms with Crippen LogP contribution in [0.2, 0.25) is 0 Å². The maximum Gasteiger partial charge on any atom is 0.295 e. The fourth-order valence-corrected chi connectivity index (χ4v) is 1.19. The van der Waals surface area contributed by atoms with Gasteiger partial charge in [-0.3, -0.25) is 10.1 Å². The smallest absolute Gasteiger partial charge is 0.295 e. The number of hydrogen-bond acceptors (Lipinski definition) is 4. The van der Waals surface area contributed by atoms with Crippen LogP contribution in [0.1, 0.15) is 6.92 Å². The summed E-state index contributed by atoms with van der Waals surface area (Å²) >= 11 is 0. The van der Waals surface area contributed by atoms with Crippen LogP contribution in [0.4, 0.5) is 20.2 Å². The molecule has 94 valence electrons. The van der Waals surface area contributed by atoms with Crippen molar-refractivity contribution in [2.45, 2.75) is 13.0 Å². The zero-order chi connectivity index (χ0) is 13.0. The quantitative estimate of drug-likeness (QED) is 0.639. The van der Waals surface area contributed by atoms with E-state index in [0.29, 0.717) is 0 Å². The number of nitro benzene ring substituents is 1. The van der Waals surface area contributed by atoms with Crippen molar-refractivity contribution < 1.29 is 18.4 Å². The Morgan fingerprint density at radius 3 is 2.71 bits per heavy atom. The van der Waals surface area contributed by atoms with Crippen LogP contribution in [0, 0.1) is 21.7 Å². The van der Waals surface area contributed by atoms with E-state index < -0.39 is 27.9 Å². The number of halogens is 2. The molecule has 5 nitrogen and oxygen atoms in total. The second-order valence-electron chi connectivity index (χ2n) is 3.44. The Bertz CT molecular complexity index is 426. The average Bonchev–Trinajstić information content (AvgIpc) is 2.30. The first-order valence-corrected chi connectivity index (χ1v) is 4.86. The zero-order valence-corrected chi connectivity index (χ0v) is 9.37. The molecule has 0 heterocycles. The molecule has 0 saturated carbocycles. The van der Waals surface area contributed by atoms with Crippen molar-refractivity contribution in [2.24, 2.45) is 0 Å². The van der Waals surface area contributed by atoms with Gasteiger partial charge in [0.15, 0.2) is 17.3 Å². The van der Waals surface area contributed by atoms with E-state index in [0.717, 1.165) is 12.1 Å². The van der Waals surface area contributed by atoms with Crippen LogP contribution in [0.3, 0.4) is 0 Å². The minimum atomic E-state index is -1.26. The lowest BCUT2D eigenvalue weighted by atomic mass is 10.2. The van der Waals surface area contributed by atoms with Crippen molar-refractivity contribution in [3.8, 4) is 0 Å². The number of rotatable bonds is 5. The van der Waals surface area contributed by atoms with Crippen LogP contribution in [0.25, 0.3) is 0 Å². The monoisotopic (exact) mass is 246 g/mol. The average molecular weight is 246 g/mol. The fourth-order valence-electron chi connectivity index (χ4n) is 1.19. The van der Waals surface area contributed by atoms with E-state index in [1.807, 2.05) is 0 Å². The lowest BCUT2D eigenvalue weighted by molar-refractivity contribution is -0.384. The number of anilines is 1. The van der Waals surface area contributed by atoms with E-state index in [1.165, 1.54) is 7.11 Å². The summed E-state index contributed by atoms with van der Waals surface area (Å²) in [5.41, 5.74) is -0.967. The molecule has 0 saturated heterocycles. The SMILES string of the molecule is COC(C)CNc1c([N+](=O)[O-])ccc(F)c1F. The fraction of sp³-hybridized carbons (Fsp3) is 0.400. The first-order chi connectivity index (χ1) is 7.97. The minimum absolute atomic E-state index is 0.137. The van der Waals surface area contributed by atoms with Crippen LogP contribution in [0.5, 0.6) is 0 Å². The molecule has 1 N–H and O–H groups in total. The van der Waals surface area contributed by atoms with Gasteiger partial charge in [-0.25, -0.2) is 8.78 Å². The second kappa shape index (κ2) is 5.53. The van der Waals surface area contributed by atoms with Crippen LogP contribution in [-0.2, 0) is 4.74 Å². The highest BCUT2D eigenvalue weighted by Gasteiger charge is 2.21. The van der Waals surface area contributed by atoms with Gasteiger partial charge in [0, 0.05) is 19.7 Å². The van der Waals surface area contributed by atoms with Crippen LogP contribution in [0.15, 0.2) is 12.1 Å². The molecule has 1 unspecified atom stereocenters. The van der Waals surface area contributed by atoms with E-state index in [2.05, 4.69) is 5.32 Å². The van der Waals surface area contributed by atoms with Crippen molar-refractivity contribution in [3.63, 3.8) is 0 Å².